The van der Waals surface area contributed by atoms with E-state index >= 15 is 0 Å². The number of hydrogen-bond acceptors (Lipinski definition) is 3. The van der Waals surface area contributed by atoms with E-state index in [-0.39, 0.29) is 11.8 Å². The molecular formula is C14H26N2O2. The van der Waals surface area contributed by atoms with Crippen LogP contribution in [0.1, 0.15) is 45.4 Å². The van der Waals surface area contributed by atoms with Crippen LogP contribution in [0.2, 0.25) is 0 Å². The Balaban J connectivity index is 1.74. The molecular weight excluding hydrogens is 228 g/mol. The summed E-state index contributed by atoms with van der Waals surface area (Å²) in [6.07, 6.45) is 5.61. The number of rotatable bonds is 3. The van der Waals surface area contributed by atoms with Crippen LogP contribution in [0.25, 0.3) is 0 Å². The highest BCUT2D eigenvalue weighted by atomic mass is 16.3. The van der Waals surface area contributed by atoms with Gasteiger partial charge in [0.1, 0.15) is 0 Å². The molecule has 3 N–H and O–H groups in total. The van der Waals surface area contributed by atoms with Gasteiger partial charge >= 0.3 is 0 Å². The van der Waals surface area contributed by atoms with Gasteiger partial charge in [0.25, 0.3) is 0 Å². The van der Waals surface area contributed by atoms with Gasteiger partial charge in [-0.25, -0.2) is 0 Å². The van der Waals surface area contributed by atoms with Gasteiger partial charge in [-0.2, -0.15) is 0 Å². The lowest BCUT2D eigenvalue weighted by Crippen LogP contribution is -2.47. The van der Waals surface area contributed by atoms with E-state index in [0.29, 0.717) is 12.5 Å². The fourth-order valence-electron chi connectivity index (χ4n) is 2.96. The maximum atomic E-state index is 12.0. The number of aliphatic hydroxyl groups is 1. The molecule has 0 aromatic heterocycles. The highest BCUT2D eigenvalue weighted by molar-refractivity contribution is 5.78. The first-order chi connectivity index (χ1) is 8.59. The van der Waals surface area contributed by atoms with Crippen LogP contribution in [0.4, 0.5) is 0 Å². The number of amides is 1. The minimum absolute atomic E-state index is 0.128. The standard InChI is InChI=1S/C14H26N2O2/c1-11-2-6-14(18,7-3-11)10-16-13(17)12-4-8-15-9-5-12/h11-12,15,18H,2-10H2,1H3,(H,16,17). The third kappa shape index (κ3) is 3.69. The summed E-state index contributed by atoms with van der Waals surface area (Å²) in [7, 11) is 0. The van der Waals surface area contributed by atoms with Crippen LogP contribution in [0.3, 0.4) is 0 Å². The van der Waals surface area contributed by atoms with Crippen LogP contribution in [0.15, 0.2) is 0 Å². The molecule has 2 fully saturated rings. The van der Waals surface area contributed by atoms with Crippen molar-refractivity contribution in [2.24, 2.45) is 11.8 Å². The fourth-order valence-corrected chi connectivity index (χ4v) is 2.96. The molecule has 2 aliphatic rings. The third-order valence-corrected chi connectivity index (χ3v) is 4.51. The lowest BCUT2D eigenvalue weighted by atomic mass is 9.79. The van der Waals surface area contributed by atoms with E-state index in [4.69, 9.17) is 0 Å². The molecule has 1 amide bonds. The quantitative estimate of drug-likeness (QED) is 0.705. The topological polar surface area (TPSA) is 61.4 Å². The maximum absolute atomic E-state index is 12.0. The minimum atomic E-state index is -0.658. The van der Waals surface area contributed by atoms with Crippen LogP contribution in [0.5, 0.6) is 0 Å². The number of nitrogens with one attached hydrogen (secondary N) is 2. The van der Waals surface area contributed by atoms with Crippen molar-refractivity contribution in [1.29, 1.82) is 0 Å². The zero-order chi connectivity index (χ0) is 13.0. The Morgan fingerprint density at radius 3 is 2.50 bits per heavy atom. The fraction of sp³-hybridized carbons (Fsp3) is 0.929. The van der Waals surface area contributed by atoms with Gasteiger partial charge in [0.2, 0.25) is 5.91 Å². The van der Waals surface area contributed by atoms with Crippen LogP contribution >= 0.6 is 0 Å². The normalized spacial score (nSPS) is 34.2. The predicted molar refractivity (Wildman–Crippen MR) is 71.2 cm³/mol. The zero-order valence-corrected chi connectivity index (χ0v) is 11.4. The molecule has 2 rings (SSSR count). The first kappa shape index (κ1) is 13.8. The molecule has 0 atom stereocenters. The predicted octanol–water partition coefficient (Wildman–Crippen LogP) is 1.04. The Morgan fingerprint density at radius 2 is 1.89 bits per heavy atom. The van der Waals surface area contributed by atoms with Gasteiger partial charge in [-0.15, -0.1) is 0 Å². The number of carbonyl (C=O) groups is 1. The molecule has 1 saturated heterocycles. The van der Waals surface area contributed by atoms with Gasteiger partial charge in [-0.3, -0.25) is 4.79 Å². The van der Waals surface area contributed by atoms with Crippen molar-refractivity contribution in [2.45, 2.75) is 51.0 Å². The van der Waals surface area contributed by atoms with E-state index in [2.05, 4.69) is 17.6 Å². The summed E-state index contributed by atoms with van der Waals surface area (Å²) >= 11 is 0. The SMILES string of the molecule is CC1CCC(O)(CNC(=O)C2CCNCC2)CC1. The van der Waals surface area contributed by atoms with Crippen molar-refractivity contribution in [3.8, 4) is 0 Å². The molecule has 0 aromatic carbocycles. The molecule has 0 aromatic rings. The van der Waals surface area contributed by atoms with Crippen molar-refractivity contribution < 1.29 is 9.90 Å². The van der Waals surface area contributed by atoms with Crippen molar-refractivity contribution in [1.82, 2.24) is 10.6 Å². The van der Waals surface area contributed by atoms with Crippen molar-refractivity contribution >= 4 is 5.91 Å². The van der Waals surface area contributed by atoms with Gasteiger partial charge in [0.15, 0.2) is 0 Å². The number of piperidine rings is 1. The monoisotopic (exact) mass is 254 g/mol. The van der Waals surface area contributed by atoms with E-state index in [1.807, 2.05) is 0 Å². The molecule has 1 saturated carbocycles. The van der Waals surface area contributed by atoms with Crippen LogP contribution in [-0.4, -0.2) is 36.2 Å². The summed E-state index contributed by atoms with van der Waals surface area (Å²) in [5.41, 5.74) is -0.658. The molecule has 1 heterocycles. The van der Waals surface area contributed by atoms with Gasteiger partial charge in [0, 0.05) is 12.5 Å². The van der Waals surface area contributed by atoms with Gasteiger partial charge in [0.05, 0.1) is 5.60 Å². The van der Waals surface area contributed by atoms with E-state index in [0.717, 1.165) is 51.6 Å². The van der Waals surface area contributed by atoms with Crippen molar-refractivity contribution in [3.05, 3.63) is 0 Å². The molecule has 0 radical (unpaired) electrons. The first-order valence-corrected chi connectivity index (χ1v) is 7.30. The van der Waals surface area contributed by atoms with E-state index in [1.54, 1.807) is 0 Å². The van der Waals surface area contributed by atoms with Crippen LogP contribution in [0, 0.1) is 11.8 Å². The van der Waals surface area contributed by atoms with Gasteiger partial charge < -0.3 is 15.7 Å². The molecule has 0 spiro atoms. The largest absolute Gasteiger partial charge is 0.388 e. The van der Waals surface area contributed by atoms with Crippen molar-refractivity contribution in [3.63, 3.8) is 0 Å². The lowest BCUT2D eigenvalue weighted by Gasteiger charge is -2.35. The van der Waals surface area contributed by atoms with Crippen LogP contribution < -0.4 is 10.6 Å². The lowest BCUT2D eigenvalue weighted by molar-refractivity contribution is -0.127. The Hall–Kier alpha value is -0.610. The van der Waals surface area contributed by atoms with E-state index in [1.165, 1.54) is 0 Å². The summed E-state index contributed by atoms with van der Waals surface area (Å²) in [5, 5.41) is 16.6. The second-order valence-corrected chi connectivity index (χ2v) is 6.15. The summed E-state index contributed by atoms with van der Waals surface area (Å²) in [4.78, 5) is 12.0. The molecule has 104 valence electrons. The van der Waals surface area contributed by atoms with E-state index in [9.17, 15) is 9.90 Å². The second kappa shape index (κ2) is 6.02. The van der Waals surface area contributed by atoms with Crippen molar-refractivity contribution in [2.75, 3.05) is 19.6 Å². The molecule has 0 bridgehead atoms. The summed E-state index contributed by atoms with van der Waals surface area (Å²) in [5.74, 6) is 0.978. The zero-order valence-electron chi connectivity index (χ0n) is 11.4. The van der Waals surface area contributed by atoms with Gasteiger partial charge in [-0.05, 0) is 57.5 Å². The second-order valence-electron chi connectivity index (χ2n) is 6.15. The minimum Gasteiger partial charge on any atom is -0.388 e. The van der Waals surface area contributed by atoms with Crippen LogP contribution in [-0.2, 0) is 4.79 Å². The third-order valence-electron chi connectivity index (χ3n) is 4.51. The molecule has 1 aliphatic heterocycles. The number of carbonyl (C=O) groups excluding carboxylic acids is 1. The summed E-state index contributed by atoms with van der Waals surface area (Å²) < 4.78 is 0. The Kier molecular flexibility index (Phi) is 4.62. The summed E-state index contributed by atoms with van der Waals surface area (Å²) in [6.45, 7) is 4.52. The number of hydrogen-bond donors (Lipinski definition) is 3. The Morgan fingerprint density at radius 1 is 1.28 bits per heavy atom. The first-order valence-electron chi connectivity index (χ1n) is 7.30. The maximum Gasteiger partial charge on any atom is 0.223 e. The highest BCUT2D eigenvalue weighted by Crippen LogP contribution is 2.31. The van der Waals surface area contributed by atoms with Gasteiger partial charge in [-0.1, -0.05) is 6.92 Å². The Bertz CT molecular complexity index is 280. The molecule has 4 heteroatoms. The smallest absolute Gasteiger partial charge is 0.223 e. The Labute approximate surface area is 110 Å². The molecule has 4 nitrogen and oxygen atoms in total. The summed E-state index contributed by atoms with van der Waals surface area (Å²) in [6, 6.07) is 0. The van der Waals surface area contributed by atoms with E-state index < -0.39 is 5.60 Å². The molecule has 0 unspecified atom stereocenters. The average molecular weight is 254 g/mol. The molecule has 18 heavy (non-hydrogen) atoms. The average Bonchev–Trinajstić information content (AvgIpc) is 2.41. The molecule has 1 aliphatic carbocycles. The highest BCUT2D eigenvalue weighted by Gasteiger charge is 2.32.